The number of aliphatic carboxylic acids is 1. The molecule has 0 spiro atoms. The summed E-state index contributed by atoms with van der Waals surface area (Å²) in [5.41, 5.74) is 1.98. The van der Waals surface area contributed by atoms with Gasteiger partial charge in [0.15, 0.2) is 0 Å². The molecule has 0 aliphatic carbocycles. The fraction of sp³-hybridized carbons (Fsp3) is 0.316. The normalized spacial score (nSPS) is 20.0. The van der Waals surface area contributed by atoms with Gasteiger partial charge < -0.3 is 19.5 Å². The molecule has 2 aromatic rings. The average Bonchev–Trinajstić information content (AvgIpc) is 3.07. The number of hydrogen-bond donors (Lipinski definition) is 1. The highest BCUT2D eigenvalue weighted by molar-refractivity contribution is 5.74. The number of nitrogens with zero attached hydrogens (tertiary/aromatic N) is 1. The van der Waals surface area contributed by atoms with E-state index in [1.54, 1.807) is 14.2 Å². The molecular weight excluding hydrogens is 306 g/mol. The molecule has 0 saturated carbocycles. The summed E-state index contributed by atoms with van der Waals surface area (Å²) >= 11 is 0. The Morgan fingerprint density at radius 3 is 2.04 bits per heavy atom. The van der Waals surface area contributed by atoms with Crippen LogP contribution >= 0.6 is 0 Å². The largest absolute Gasteiger partial charge is 0.497 e. The maximum Gasteiger partial charge on any atom is 0.309 e. The van der Waals surface area contributed by atoms with Crippen LogP contribution in [0, 0.1) is 5.92 Å². The number of carbonyl (C=O) groups is 1. The van der Waals surface area contributed by atoms with Crippen LogP contribution in [-0.2, 0) is 4.79 Å². The average molecular weight is 327 g/mol. The van der Waals surface area contributed by atoms with E-state index in [0.717, 1.165) is 22.7 Å². The second-order valence-electron chi connectivity index (χ2n) is 5.84. The Labute approximate surface area is 141 Å². The highest BCUT2D eigenvalue weighted by Gasteiger charge is 2.39. The van der Waals surface area contributed by atoms with Crippen LogP contribution < -0.4 is 14.4 Å². The van der Waals surface area contributed by atoms with Gasteiger partial charge in [0, 0.05) is 12.2 Å². The highest BCUT2D eigenvalue weighted by atomic mass is 16.5. The number of ether oxygens (including phenoxy) is 2. The molecule has 1 heterocycles. The van der Waals surface area contributed by atoms with Crippen molar-refractivity contribution in [3.63, 3.8) is 0 Å². The summed E-state index contributed by atoms with van der Waals surface area (Å²) in [5, 5.41) is 9.62. The summed E-state index contributed by atoms with van der Waals surface area (Å²) in [5.74, 6) is 0.362. The third-order valence-corrected chi connectivity index (χ3v) is 4.58. The lowest BCUT2D eigenvalue weighted by Gasteiger charge is -2.29. The van der Waals surface area contributed by atoms with E-state index in [9.17, 15) is 9.90 Å². The molecule has 0 aromatic heterocycles. The Hall–Kier alpha value is -2.69. The molecule has 1 aliphatic rings. The van der Waals surface area contributed by atoms with E-state index in [1.165, 1.54) is 0 Å². The lowest BCUT2D eigenvalue weighted by atomic mass is 9.93. The molecule has 2 atom stereocenters. The third kappa shape index (κ3) is 3.02. The molecule has 0 bridgehead atoms. The fourth-order valence-electron chi connectivity index (χ4n) is 3.33. The zero-order chi connectivity index (χ0) is 17.1. The topological polar surface area (TPSA) is 59.0 Å². The number of carboxylic acid groups (broad SMARTS) is 1. The smallest absolute Gasteiger partial charge is 0.309 e. The highest BCUT2D eigenvalue weighted by Crippen LogP contribution is 2.41. The van der Waals surface area contributed by atoms with Crippen LogP contribution in [-0.4, -0.2) is 31.8 Å². The van der Waals surface area contributed by atoms with E-state index in [-0.39, 0.29) is 6.04 Å². The van der Waals surface area contributed by atoms with Crippen molar-refractivity contribution in [3.05, 3.63) is 54.1 Å². The second-order valence-corrected chi connectivity index (χ2v) is 5.84. The fourth-order valence-corrected chi connectivity index (χ4v) is 3.33. The number of benzene rings is 2. The van der Waals surface area contributed by atoms with Gasteiger partial charge in [-0.2, -0.15) is 0 Å². The van der Waals surface area contributed by atoms with Crippen molar-refractivity contribution in [2.24, 2.45) is 5.92 Å². The predicted molar refractivity (Wildman–Crippen MR) is 91.8 cm³/mol. The second kappa shape index (κ2) is 6.83. The van der Waals surface area contributed by atoms with Crippen molar-refractivity contribution in [2.75, 3.05) is 25.7 Å². The summed E-state index contributed by atoms with van der Waals surface area (Å²) in [4.78, 5) is 13.9. The minimum atomic E-state index is -0.758. The molecule has 1 saturated heterocycles. The molecule has 24 heavy (non-hydrogen) atoms. The quantitative estimate of drug-likeness (QED) is 0.912. The molecule has 5 heteroatoms. The van der Waals surface area contributed by atoms with Crippen molar-refractivity contribution in [3.8, 4) is 11.5 Å². The first-order valence-corrected chi connectivity index (χ1v) is 7.91. The summed E-state index contributed by atoms with van der Waals surface area (Å²) in [7, 11) is 3.25. The zero-order valence-electron chi connectivity index (χ0n) is 13.8. The Morgan fingerprint density at radius 1 is 1.00 bits per heavy atom. The first-order valence-electron chi connectivity index (χ1n) is 7.91. The predicted octanol–water partition coefficient (Wildman–Crippen LogP) is 3.36. The minimum Gasteiger partial charge on any atom is -0.497 e. The Kier molecular flexibility index (Phi) is 4.60. The van der Waals surface area contributed by atoms with Crippen molar-refractivity contribution >= 4 is 11.7 Å². The van der Waals surface area contributed by atoms with E-state index >= 15 is 0 Å². The molecule has 5 nitrogen and oxygen atoms in total. The van der Waals surface area contributed by atoms with E-state index in [2.05, 4.69) is 4.90 Å². The number of hydrogen-bond acceptors (Lipinski definition) is 4. The van der Waals surface area contributed by atoms with Crippen LogP contribution in [0.5, 0.6) is 11.5 Å². The first kappa shape index (κ1) is 16.2. The molecule has 0 amide bonds. The molecule has 1 aliphatic heterocycles. The standard InChI is InChI=1S/C19H21NO4/c1-23-15-7-3-13(4-8-15)18-17(19(21)22)11-12-20(18)14-5-9-16(24-2)10-6-14/h3-10,17-18H,11-12H2,1-2H3,(H,21,22)/t17-,18+/m1/s1. The molecule has 1 fully saturated rings. The lowest BCUT2D eigenvalue weighted by Crippen LogP contribution is -2.28. The SMILES string of the molecule is COc1ccc([C@H]2[C@H](C(=O)O)CCN2c2ccc(OC)cc2)cc1. The van der Waals surface area contributed by atoms with Gasteiger partial charge in [0.25, 0.3) is 0 Å². The molecule has 3 rings (SSSR count). The van der Waals surface area contributed by atoms with Crippen LogP contribution in [0.25, 0.3) is 0 Å². The molecule has 0 radical (unpaired) electrons. The summed E-state index contributed by atoms with van der Waals surface area (Å²) in [6, 6.07) is 15.2. The summed E-state index contributed by atoms with van der Waals surface area (Å²) in [6.45, 7) is 0.708. The van der Waals surface area contributed by atoms with E-state index in [0.29, 0.717) is 13.0 Å². The number of rotatable bonds is 5. The van der Waals surface area contributed by atoms with Gasteiger partial charge in [-0.1, -0.05) is 12.1 Å². The zero-order valence-corrected chi connectivity index (χ0v) is 13.8. The van der Waals surface area contributed by atoms with Crippen molar-refractivity contribution in [2.45, 2.75) is 12.5 Å². The van der Waals surface area contributed by atoms with Gasteiger partial charge in [0.05, 0.1) is 26.2 Å². The maximum absolute atomic E-state index is 11.7. The van der Waals surface area contributed by atoms with Crippen LogP contribution in [0.4, 0.5) is 5.69 Å². The number of methoxy groups -OCH3 is 2. The van der Waals surface area contributed by atoms with Crippen molar-refractivity contribution in [1.29, 1.82) is 0 Å². The third-order valence-electron chi connectivity index (χ3n) is 4.58. The molecular formula is C19H21NO4. The van der Waals surface area contributed by atoms with Gasteiger partial charge in [0.2, 0.25) is 0 Å². The maximum atomic E-state index is 11.7. The number of carboxylic acids is 1. The Morgan fingerprint density at radius 2 is 1.54 bits per heavy atom. The van der Waals surface area contributed by atoms with Gasteiger partial charge in [0.1, 0.15) is 11.5 Å². The summed E-state index contributed by atoms with van der Waals surface area (Å²) in [6.07, 6.45) is 0.623. The van der Waals surface area contributed by atoms with E-state index < -0.39 is 11.9 Å². The minimum absolute atomic E-state index is 0.193. The van der Waals surface area contributed by atoms with Gasteiger partial charge in [-0.05, 0) is 48.4 Å². The molecule has 0 unspecified atom stereocenters. The Balaban J connectivity index is 1.95. The van der Waals surface area contributed by atoms with Crippen LogP contribution in [0.2, 0.25) is 0 Å². The summed E-state index contributed by atoms with van der Waals surface area (Å²) < 4.78 is 10.4. The molecule has 2 aromatic carbocycles. The van der Waals surface area contributed by atoms with Crippen molar-refractivity contribution in [1.82, 2.24) is 0 Å². The molecule has 1 N–H and O–H groups in total. The van der Waals surface area contributed by atoms with Crippen LogP contribution in [0.1, 0.15) is 18.0 Å². The molecule has 126 valence electrons. The van der Waals surface area contributed by atoms with Crippen LogP contribution in [0.15, 0.2) is 48.5 Å². The monoisotopic (exact) mass is 327 g/mol. The van der Waals surface area contributed by atoms with Gasteiger partial charge in [-0.25, -0.2) is 0 Å². The van der Waals surface area contributed by atoms with Crippen LogP contribution in [0.3, 0.4) is 0 Å². The first-order chi connectivity index (χ1) is 11.6. The van der Waals surface area contributed by atoms with Gasteiger partial charge >= 0.3 is 5.97 Å². The lowest BCUT2D eigenvalue weighted by molar-refractivity contribution is -0.141. The number of anilines is 1. The van der Waals surface area contributed by atoms with Gasteiger partial charge in [-0.15, -0.1) is 0 Å². The van der Waals surface area contributed by atoms with Crippen molar-refractivity contribution < 1.29 is 19.4 Å². The van der Waals surface area contributed by atoms with E-state index in [1.807, 2.05) is 48.5 Å². The van der Waals surface area contributed by atoms with E-state index in [4.69, 9.17) is 9.47 Å². The van der Waals surface area contributed by atoms with Gasteiger partial charge in [-0.3, -0.25) is 4.79 Å². The Bertz CT molecular complexity index is 696.